The summed E-state index contributed by atoms with van der Waals surface area (Å²) < 4.78 is 0. The molecule has 0 spiro atoms. The van der Waals surface area contributed by atoms with Crippen molar-refractivity contribution in [3.05, 3.63) is 23.8 Å². The fraction of sp³-hybridized carbons (Fsp3) is 0.714. The topological polar surface area (TPSA) is 20.2 Å². The summed E-state index contributed by atoms with van der Waals surface area (Å²) in [6.07, 6.45) is 7.77. The van der Waals surface area contributed by atoms with Crippen LogP contribution in [0.3, 0.4) is 0 Å². The normalized spacial score (nSPS) is 25.2. The molecule has 0 aromatic heterocycles. The van der Waals surface area contributed by atoms with E-state index in [2.05, 4.69) is 52.8 Å². The highest BCUT2D eigenvalue weighted by Gasteiger charge is 2.28. The molecule has 0 bridgehead atoms. The maximum Gasteiger partial charge on any atom is 0.0502 e. The van der Waals surface area contributed by atoms with Crippen LogP contribution in [0.2, 0.25) is 0 Å². The van der Waals surface area contributed by atoms with Crippen LogP contribution < -0.4 is 0 Å². The Labute approximate surface area is 93.9 Å². The first-order chi connectivity index (χ1) is 6.74. The van der Waals surface area contributed by atoms with Gasteiger partial charge in [0.2, 0.25) is 0 Å². The van der Waals surface area contributed by atoms with Gasteiger partial charge in [-0.25, -0.2) is 0 Å². The van der Waals surface area contributed by atoms with Crippen molar-refractivity contribution in [2.24, 2.45) is 16.7 Å². The molecule has 0 saturated heterocycles. The van der Waals surface area contributed by atoms with Gasteiger partial charge in [0.25, 0.3) is 0 Å². The maximum absolute atomic E-state index is 9.36. The first kappa shape index (κ1) is 12.5. The standard InChI is InChI=1S/C14H24O/c1-13(2,3)9-11-6-7-14(4,5)12(8-11)10-15/h6-8,12,15H,9-10H2,1-5H3. The quantitative estimate of drug-likeness (QED) is 0.735. The summed E-state index contributed by atoms with van der Waals surface area (Å²) in [5.41, 5.74) is 1.77. The van der Waals surface area contributed by atoms with E-state index in [1.54, 1.807) is 0 Å². The molecule has 0 fully saturated rings. The summed E-state index contributed by atoms with van der Waals surface area (Å²) in [6.45, 7) is 11.3. The van der Waals surface area contributed by atoms with Crippen LogP contribution in [0.15, 0.2) is 23.8 Å². The number of hydrogen-bond acceptors (Lipinski definition) is 1. The molecule has 1 rings (SSSR count). The fourth-order valence-electron chi connectivity index (χ4n) is 1.99. The Morgan fingerprint density at radius 2 is 1.93 bits per heavy atom. The number of aliphatic hydroxyl groups excluding tert-OH is 1. The highest BCUT2D eigenvalue weighted by Crippen LogP contribution is 2.37. The lowest BCUT2D eigenvalue weighted by Crippen LogP contribution is -2.26. The molecule has 0 radical (unpaired) electrons. The van der Waals surface area contributed by atoms with Gasteiger partial charge in [-0.2, -0.15) is 0 Å². The maximum atomic E-state index is 9.36. The highest BCUT2D eigenvalue weighted by atomic mass is 16.3. The van der Waals surface area contributed by atoms with Crippen LogP contribution >= 0.6 is 0 Å². The van der Waals surface area contributed by atoms with Gasteiger partial charge in [0.05, 0.1) is 6.61 Å². The molecule has 0 aromatic carbocycles. The molecule has 1 aliphatic carbocycles. The van der Waals surface area contributed by atoms with Gasteiger partial charge in [-0.05, 0) is 17.3 Å². The largest absolute Gasteiger partial charge is 0.396 e. The minimum absolute atomic E-state index is 0.0934. The predicted molar refractivity (Wildman–Crippen MR) is 65.7 cm³/mol. The molecule has 1 nitrogen and oxygen atoms in total. The molecule has 0 heterocycles. The first-order valence-electron chi connectivity index (χ1n) is 5.75. The van der Waals surface area contributed by atoms with Crippen LogP contribution in [0.4, 0.5) is 0 Å². The number of aliphatic hydroxyl groups is 1. The molecular formula is C14H24O. The Bertz CT molecular complexity index is 276. The third-order valence-electron chi connectivity index (χ3n) is 3.03. The van der Waals surface area contributed by atoms with Gasteiger partial charge in [-0.1, -0.05) is 58.4 Å². The zero-order chi connectivity index (χ0) is 11.7. The molecule has 1 atom stereocenters. The molecule has 0 amide bonds. The molecule has 0 saturated carbocycles. The van der Waals surface area contributed by atoms with Crippen molar-refractivity contribution in [2.45, 2.75) is 41.0 Å². The van der Waals surface area contributed by atoms with Crippen molar-refractivity contribution in [3.63, 3.8) is 0 Å². The Morgan fingerprint density at radius 3 is 2.40 bits per heavy atom. The second-order valence-electron chi connectivity index (χ2n) is 6.42. The van der Waals surface area contributed by atoms with Gasteiger partial charge >= 0.3 is 0 Å². The van der Waals surface area contributed by atoms with E-state index in [-0.39, 0.29) is 17.9 Å². The average molecular weight is 208 g/mol. The van der Waals surface area contributed by atoms with E-state index in [4.69, 9.17) is 0 Å². The second-order valence-corrected chi connectivity index (χ2v) is 6.42. The van der Waals surface area contributed by atoms with Crippen LogP contribution in [-0.2, 0) is 0 Å². The number of rotatable bonds is 2. The molecule has 1 aliphatic rings. The van der Waals surface area contributed by atoms with Crippen molar-refractivity contribution >= 4 is 0 Å². The zero-order valence-electron chi connectivity index (χ0n) is 10.7. The van der Waals surface area contributed by atoms with Gasteiger partial charge in [-0.15, -0.1) is 0 Å². The van der Waals surface area contributed by atoms with Gasteiger partial charge in [0.15, 0.2) is 0 Å². The van der Waals surface area contributed by atoms with E-state index in [1.165, 1.54) is 5.57 Å². The van der Waals surface area contributed by atoms with Gasteiger partial charge < -0.3 is 5.11 Å². The van der Waals surface area contributed by atoms with Crippen molar-refractivity contribution in [1.82, 2.24) is 0 Å². The SMILES string of the molecule is CC(C)(C)CC1=CC(CO)C(C)(C)C=C1. The van der Waals surface area contributed by atoms with Crippen LogP contribution in [0, 0.1) is 16.7 Å². The van der Waals surface area contributed by atoms with Crippen LogP contribution in [0.1, 0.15) is 41.0 Å². The number of allylic oxidation sites excluding steroid dienone is 3. The van der Waals surface area contributed by atoms with Crippen LogP contribution in [0.5, 0.6) is 0 Å². The minimum atomic E-state index is 0.0934. The van der Waals surface area contributed by atoms with Crippen LogP contribution in [0.25, 0.3) is 0 Å². The highest BCUT2D eigenvalue weighted by molar-refractivity contribution is 5.28. The molecule has 1 unspecified atom stereocenters. The molecule has 86 valence electrons. The first-order valence-corrected chi connectivity index (χ1v) is 5.75. The predicted octanol–water partition coefficient (Wildman–Crippen LogP) is 3.55. The number of hydrogen-bond donors (Lipinski definition) is 1. The summed E-state index contributed by atoms with van der Waals surface area (Å²) in [4.78, 5) is 0. The molecular weight excluding hydrogens is 184 g/mol. The summed E-state index contributed by atoms with van der Waals surface area (Å²) in [6, 6.07) is 0. The monoisotopic (exact) mass is 208 g/mol. The summed E-state index contributed by atoms with van der Waals surface area (Å²) in [5.74, 6) is 0.264. The fourth-order valence-corrected chi connectivity index (χ4v) is 1.99. The van der Waals surface area contributed by atoms with Gasteiger partial charge in [0.1, 0.15) is 0 Å². The van der Waals surface area contributed by atoms with E-state index in [0.29, 0.717) is 5.41 Å². The minimum Gasteiger partial charge on any atom is -0.396 e. The third kappa shape index (κ3) is 3.49. The lowest BCUT2D eigenvalue weighted by molar-refractivity contribution is 0.182. The summed E-state index contributed by atoms with van der Waals surface area (Å²) in [7, 11) is 0. The molecule has 15 heavy (non-hydrogen) atoms. The van der Waals surface area contributed by atoms with E-state index < -0.39 is 0 Å². The van der Waals surface area contributed by atoms with E-state index in [9.17, 15) is 5.11 Å². The molecule has 1 heteroatoms. The molecule has 0 aromatic rings. The van der Waals surface area contributed by atoms with Crippen LogP contribution in [-0.4, -0.2) is 11.7 Å². The molecule has 1 N–H and O–H groups in total. The third-order valence-corrected chi connectivity index (χ3v) is 3.03. The Hall–Kier alpha value is -0.560. The van der Waals surface area contributed by atoms with E-state index >= 15 is 0 Å². The Kier molecular flexibility index (Phi) is 3.44. The van der Waals surface area contributed by atoms with Crippen molar-refractivity contribution in [1.29, 1.82) is 0 Å². The lowest BCUT2D eigenvalue weighted by Gasteiger charge is -2.33. The second kappa shape index (κ2) is 4.13. The van der Waals surface area contributed by atoms with Crippen molar-refractivity contribution < 1.29 is 5.11 Å². The Balaban J connectivity index is 2.79. The summed E-state index contributed by atoms with van der Waals surface area (Å²) in [5, 5.41) is 9.36. The van der Waals surface area contributed by atoms with Crippen molar-refractivity contribution in [3.8, 4) is 0 Å². The zero-order valence-corrected chi connectivity index (χ0v) is 10.7. The average Bonchev–Trinajstić information content (AvgIpc) is 2.06. The molecule has 0 aliphatic heterocycles. The smallest absolute Gasteiger partial charge is 0.0502 e. The lowest BCUT2D eigenvalue weighted by atomic mass is 9.73. The van der Waals surface area contributed by atoms with E-state index in [1.807, 2.05) is 0 Å². The Morgan fingerprint density at radius 1 is 1.33 bits per heavy atom. The van der Waals surface area contributed by atoms with Gasteiger partial charge in [0, 0.05) is 5.92 Å². The van der Waals surface area contributed by atoms with Crippen molar-refractivity contribution in [2.75, 3.05) is 6.61 Å². The van der Waals surface area contributed by atoms with Gasteiger partial charge in [-0.3, -0.25) is 0 Å². The van der Waals surface area contributed by atoms with E-state index in [0.717, 1.165) is 6.42 Å². The summed E-state index contributed by atoms with van der Waals surface area (Å²) >= 11 is 0.